The maximum absolute atomic E-state index is 6.12. The number of aryl methyl sites for hydroxylation is 1. The molecule has 5 heteroatoms. The SMILES string of the molecule is COC1(/C=C(\C)c2c(C)cc(Cl)cc2OCl)CCC2(CCCO2)CC1. The zero-order valence-corrected chi connectivity index (χ0v) is 16.7. The van der Waals surface area contributed by atoms with E-state index < -0.39 is 0 Å². The number of ether oxygens (including phenoxy) is 2. The fraction of sp³-hybridized carbons (Fsp3) is 0.600. The Labute approximate surface area is 160 Å². The molecule has 0 bridgehead atoms. The number of hydrogen-bond donors (Lipinski definition) is 0. The molecule has 1 saturated heterocycles. The minimum Gasteiger partial charge on any atom is -0.385 e. The van der Waals surface area contributed by atoms with E-state index in [0.29, 0.717) is 10.8 Å². The van der Waals surface area contributed by atoms with Crippen LogP contribution in [0.25, 0.3) is 5.57 Å². The summed E-state index contributed by atoms with van der Waals surface area (Å²) < 4.78 is 17.1. The van der Waals surface area contributed by atoms with Gasteiger partial charge in [-0.2, -0.15) is 0 Å². The van der Waals surface area contributed by atoms with E-state index in [2.05, 4.69) is 13.0 Å². The van der Waals surface area contributed by atoms with E-state index in [9.17, 15) is 0 Å². The lowest BCUT2D eigenvalue weighted by molar-refractivity contribution is -0.0862. The Bertz CT molecular complexity index is 653. The van der Waals surface area contributed by atoms with Gasteiger partial charge in [0.15, 0.2) is 5.75 Å². The van der Waals surface area contributed by atoms with Gasteiger partial charge in [0.2, 0.25) is 0 Å². The summed E-state index contributed by atoms with van der Waals surface area (Å²) in [4.78, 5) is 0. The van der Waals surface area contributed by atoms with Crippen molar-refractivity contribution in [3.8, 4) is 5.75 Å². The maximum Gasteiger partial charge on any atom is 0.155 e. The van der Waals surface area contributed by atoms with Crippen LogP contribution in [-0.4, -0.2) is 24.9 Å². The molecule has 2 aliphatic rings. The molecule has 25 heavy (non-hydrogen) atoms. The van der Waals surface area contributed by atoms with Gasteiger partial charge in [0.1, 0.15) is 11.9 Å². The average Bonchev–Trinajstić information content (AvgIpc) is 3.05. The van der Waals surface area contributed by atoms with Gasteiger partial charge in [0, 0.05) is 30.4 Å². The van der Waals surface area contributed by atoms with Gasteiger partial charge in [-0.1, -0.05) is 11.6 Å². The topological polar surface area (TPSA) is 27.7 Å². The van der Waals surface area contributed by atoms with Crippen LogP contribution >= 0.6 is 23.5 Å². The molecule has 3 nitrogen and oxygen atoms in total. The van der Waals surface area contributed by atoms with Crippen molar-refractivity contribution in [2.45, 2.75) is 63.6 Å². The maximum atomic E-state index is 6.12. The smallest absolute Gasteiger partial charge is 0.155 e. The molecule has 1 saturated carbocycles. The molecule has 138 valence electrons. The van der Waals surface area contributed by atoms with Gasteiger partial charge in [0.05, 0.1) is 11.2 Å². The van der Waals surface area contributed by atoms with E-state index in [1.165, 1.54) is 12.8 Å². The highest BCUT2D eigenvalue weighted by molar-refractivity contribution is 6.31. The first-order valence-corrected chi connectivity index (χ1v) is 9.59. The quantitative estimate of drug-likeness (QED) is 0.627. The molecule has 1 aliphatic heterocycles. The predicted octanol–water partition coefficient (Wildman–Crippen LogP) is 6.09. The monoisotopic (exact) mass is 384 g/mol. The molecule has 0 radical (unpaired) electrons. The Morgan fingerprint density at radius 3 is 2.48 bits per heavy atom. The molecule has 0 aromatic heterocycles. The van der Waals surface area contributed by atoms with Crippen LogP contribution < -0.4 is 4.29 Å². The first kappa shape index (κ1) is 19.0. The van der Waals surface area contributed by atoms with E-state index in [4.69, 9.17) is 37.2 Å². The van der Waals surface area contributed by atoms with Crippen LogP contribution in [0.5, 0.6) is 5.75 Å². The standard InChI is InChI=1S/C20H26Cl2O3/c1-14-11-16(21)12-17(25-22)18(14)15(2)13-20(23-3)8-6-19(7-9-20)5-4-10-24-19/h11-13H,4-10H2,1-3H3/b15-13+. The number of hydrogen-bond acceptors (Lipinski definition) is 3. The zero-order valence-electron chi connectivity index (χ0n) is 15.2. The van der Waals surface area contributed by atoms with Crippen molar-refractivity contribution < 1.29 is 13.8 Å². The lowest BCUT2D eigenvalue weighted by Gasteiger charge is -2.42. The fourth-order valence-corrected chi connectivity index (χ4v) is 4.82. The Hall–Kier alpha value is -0.740. The summed E-state index contributed by atoms with van der Waals surface area (Å²) in [5.41, 5.74) is 2.93. The summed E-state index contributed by atoms with van der Waals surface area (Å²) in [7, 11) is 1.80. The van der Waals surface area contributed by atoms with Gasteiger partial charge in [-0.25, -0.2) is 0 Å². The first-order valence-electron chi connectivity index (χ1n) is 8.90. The van der Waals surface area contributed by atoms with Crippen LogP contribution in [0.15, 0.2) is 18.2 Å². The van der Waals surface area contributed by atoms with Crippen molar-refractivity contribution in [3.63, 3.8) is 0 Å². The average molecular weight is 385 g/mol. The zero-order chi connectivity index (χ0) is 18.1. The van der Waals surface area contributed by atoms with Crippen molar-refractivity contribution >= 4 is 29.0 Å². The van der Waals surface area contributed by atoms with Crippen molar-refractivity contribution in [1.82, 2.24) is 0 Å². The molecule has 2 fully saturated rings. The molecule has 1 aromatic carbocycles. The van der Waals surface area contributed by atoms with Gasteiger partial charge in [0.25, 0.3) is 0 Å². The second kappa shape index (κ2) is 7.48. The van der Waals surface area contributed by atoms with Crippen LogP contribution in [0.3, 0.4) is 0 Å². The number of allylic oxidation sites excluding steroid dienone is 1. The fourth-order valence-electron chi connectivity index (χ4n) is 4.43. The van der Waals surface area contributed by atoms with E-state index in [1.54, 1.807) is 13.2 Å². The summed E-state index contributed by atoms with van der Waals surface area (Å²) >= 11 is 11.8. The molecule has 1 heterocycles. The molecule has 0 unspecified atom stereocenters. The molecule has 1 aliphatic carbocycles. The second-order valence-corrected chi connectivity index (χ2v) is 7.99. The highest BCUT2D eigenvalue weighted by atomic mass is 35.5. The summed E-state index contributed by atoms with van der Waals surface area (Å²) in [6, 6.07) is 3.67. The Morgan fingerprint density at radius 1 is 1.20 bits per heavy atom. The number of halogens is 2. The van der Waals surface area contributed by atoms with Crippen LogP contribution in [0.4, 0.5) is 0 Å². The van der Waals surface area contributed by atoms with Gasteiger partial charge >= 0.3 is 0 Å². The van der Waals surface area contributed by atoms with Crippen molar-refractivity contribution in [1.29, 1.82) is 0 Å². The van der Waals surface area contributed by atoms with Crippen LogP contribution in [0, 0.1) is 6.92 Å². The molecule has 0 atom stereocenters. The summed E-state index contributed by atoms with van der Waals surface area (Å²) in [5, 5.41) is 0.615. The van der Waals surface area contributed by atoms with Gasteiger partial charge in [-0.3, -0.25) is 0 Å². The van der Waals surface area contributed by atoms with Crippen molar-refractivity contribution in [2.75, 3.05) is 13.7 Å². The Balaban J connectivity index is 1.88. The van der Waals surface area contributed by atoms with Crippen molar-refractivity contribution in [2.24, 2.45) is 0 Å². The molecule has 0 N–H and O–H groups in total. The molecule has 0 amide bonds. The lowest BCUT2D eigenvalue weighted by Crippen LogP contribution is -2.42. The third-order valence-electron chi connectivity index (χ3n) is 5.82. The third kappa shape index (κ3) is 3.85. The highest BCUT2D eigenvalue weighted by Crippen LogP contribution is 2.46. The van der Waals surface area contributed by atoms with Crippen molar-refractivity contribution in [3.05, 3.63) is 34.4 Å². The predicted molar refractivity (Wildman–Crippen MR) is 102 cm³/mol. The van der Waals surface area contributed by atoms with Crippen LogP contribution in [-0.2, 0) is 9.47 Å². The first-order chi connectivity index (χ1) is 11.9. The molecule has 1 spiro atoms. The number of rotatable bonds is 4. The summed E-state index contributed by atoms with van der Waals surface area (Å²) in [6.07, 6.45) is 8.59. The number of methoxy groups -OCH3 is 1. The molecule has 3 rings (SSSR count). The van der Waals surface area contributed by atoms with E-state index in [1.807, 2.05) is 13.0 Å². The van der Waals surface area contributed by atoms with Crippen LogP contribution in [0.1, 0.15) is 56.6 Å². The van der Waals surface area contributed by atoms with Gasteiger partial charge in [-0.15, -0.1) is 0 Å². The lowest BCUT2D eigenvalue weighted by atomic mass is 9.73. The van der Waals surface area contributed by atoms with E-state index >= 15 is 0 Å². The summed E-state index contributed by atoms with van der Waals surface area (Å²) in [5.74, 6) is 0.582. The molecule has 1 aromatic rings. The van der Waals surface area contributed by atoms with E-state index in [0.717, 1.165) is 49.0 Å². The second-order valence-electron chi connectivity index (χ2n) is 7.40. The third-order valence-corrected chi connectivity index (χ3v) is 6.20. The minimum absolute atomic E-state index is 0.0877. The van der Waals surface area contributed by atoms with Gasteiger partial charge in [-0.05, 0) is 75.7 Å². The Morgan fingerprint density at radius 2 is 1.92 bits per heavy atom. The molecular formula is C20H26Cl2O3. The summed E-state index contributed by atoms with van der Waals surface area (Å²) in [6.45, 7) is 4.99. The molecular weight excluding hydrogens is 359 g/mol. The number of benzene rings is 1. The highest BCUT2D eigenvalue weighted by Gasteiger charge is 2.44. The Kier molecular flexibility index (Phi) is 5.69. The van der Waals surface area contributed by atoms with Gasteiger partial charge < -0.3 is 13.8 Å². The van der Waals surface area contributed by atoms with Crippen LogP contribution in [0.2, 0.25) is 5.02 Å². The largest absolute Gasteiger partial charge is 0.385 e. The van der Waals surface area contributed by atoms with E-state index in [-0.39, 0.29) is 11.2 Å². The normalized spacial score (nSPS) is 30.0. The minimum atomic E-state index is -0.267.